The molecule has 1 aromatic rings. The molecule has 148 valence electrons. The van der Waals surface area contributed by atoms with Crippen molar-refractivity contribution in [3.63, 3.8) is 0 Å². The molecule has 26 heavy (non-hydrogen) atoms. The van der Waals surface area contributed by atoms with Gasteiger partial charge in [-0.05, 0) is 44.5 Å². The Kier molecular flexibility index (Phi) is 7.28. The van der Waals surface area contributed by atoms with Crippen LogP contribution in [0.4, 0.5) is 5.69 Å². The number of nitrogens with zero attached hydrogens (tertiary/aromatic N) is 1. The van der Waals surface area contributed by atoms with Gasteiger partial charge in [-0.1, -0.05) is 6.92 Å². The van der Waals surface area contributed by atoms with Crippen molar-refractivity contribution in [2.75, 3.05) is 43.2 Å². The van der Waals surface area contributed by atoms with E-state index in [4.69, 9.17) is 4.74 Å². The summed E-state index contributed by atoms with van der Waals surface area (Å²) in [5, 5.41) is 13.9. The number of aliphatic hydroxyl groups is 1. The summed E-state index contributed by atoms with van der Waals surface area (Å²) in [5.41, 5.74) is -0.251. The molecule has 8 heteroatoms. The van der Waals surface area contributed by atoms with Crippen molar-refractivity contribution in [3.05, 3.63) is 24.3 Å². The van der Waals surface area contributed by atoms with Gasteiger partial charge in [0.05, 0.1) is 5.75 Å². The minimum atomic E-state index is -3.30. The van der Waals surface area contributed by atoms with E-state index in [1.807, 2.05) is 20.8 Å². The third kappa shape index (κ3) is 6.42. The first kappa shape index (κ1) is 21.0. The maximum Gasteiger partial charge on any atom is 0.232 e. The van der Waals surface area contributed by atoms with Gasteiger partial charge in [-0.2, -0.15) is 0 Å². The molecule has 1 aliphatic rings. The van der Waals surface area contributed by atoms with Gasteiger partial charge in [0.2, 0.25) is 10.0 Å². The topological polar surface area (TPSA) is 90.9 Å². The second-order valence-electron chi connectivity index (χ2n) is 7.22. The van der Waals surface area contributed by atoms with Crippen LogP contribution in [0.5, 0.6) is 5.75 Å². The van der Waals surface area contributed by atoms with Gasteiger partial charge < -0.3 is 15.2 Å². The Morgan fingerprint density at radius 1 is 1.27 bits per heavy atom. The highest BCUT2D eigenvalue weighted by Gasteiger charge is 2.32. The number of rotatable bonds is 9. The van der Waals surface area contributed by atoms with Crippen LogP contribution < -0.4 is 14.8 Å². The molecule has 0 bridgehead atoms. The molecule has 1 atom stereocenters. The molecular formula is C18H31N3O4S. The summed E-state index contributed by atoms with van der Waals surface area (Å²) in [4.78, 5) is 2.22. The Morgan fingerprint density at radius 3 is 2.46 bits per heavy atom. The Bertz CT molecular complexity index is 656. The predicted octanol–water partition coefficient (Wildman–Crippen LogP) is 1.26. The van der Waals surface area contributed by atoms with E-state index in [-0.39, 0.29) is 5.75 Å². The highest BCUT2D eigenvalue weighted by molar-refractivity contribution is 7.92. The molecule has 1 fully saturated rings. The fourth-order valence-corrected chi connectivity index (χ4v) is 3.95. The number of aliphatic hydroxyl groups excluding tert-OH is 1. The van der Waals surface area contributed by atoms with Gasteiger partial charge in [0, 0.05) is 38.4 Å². The summed E-state index contributed by atoms with van der Waals surface area (Å²) < 4.78 is 32.1. The fraction of sp³-hybridized carbons (Fsp3) is 0.667. The quantitative estimate of drug-likeness (QED) is 0.593. The highest BCUT2D eigenvalue weighted by atomic mass is 32.2. The third-order valence-corrected chi connectivity index (χ3v) is 5.92. The molecule has 7 nitrogen and oxygen atoms in total. The molecule has 0 saturated carbocycles. The molecule has 0 aromatic heterocycles. The standard InChI is InChI=1S/C18H31N3O4S/c1-4-13-26(23,24)20-15-5-7-16(8-6-15)25-18(2,3)17(22)14-21-11-9-19-10-12-21/h5-8,17,19-20,22H,4,9-14H2,1-3H3. The Labute approximate surface area is 156 Å². The van der Waals surface area contributed by atoms with E-state index < -0.39 is 21.7 Å². The van der Waals surface area contributed by atoms with Crippen LogP contribution in [0.3, 0.4) is 0 Å². The SMILES string of the molecule is CCCS(=O)(=O)Nc1ccc(OC(C)(C)C(O)CN2CCNCC2)cc1. The summed E-state index contributed by atoms with van der Waals surface area (Å²) in [5.74, 6) is 0.684. The highest BCUT2D eigenvalue weighted by Crippen LogP contribution is 2.24. The first-order valence-electron chi connectivity index (χ1n) is 9.12. The number of ether oxygens (including phenoxy) is 1. The monoisotopic (exact) mass is 385 g/mol. The van der Waals surface area contributed by atoms with E-state index in [9.17, 15) is 13.5 Å². The lowest BCUT2D eigenvalue weighted by Crippen LogP contribution is -2.52. The molecule has 1 heterocycles. The number of nitrogens with one attached hydrogen (secondary N) is 2. The predicted molar refractivity (Wildman–Crippen MR) is 104 cm³/mol. The van der Waals surface area contributed by atoms with Crippen LogP contribution in [0.1, 0.15) is 27.2 Å². The second kappa shape index (κ2) is 9.03. The van der Waals surface area contributed by atoms with Gasteiger partial charge in [-0.15, -0.1) is 0 Å². The molecular weight excluding hydrogens is 354 g/mol. The Balaban J connectivity index is 1.93. The third-order valence-electron chi connectivity index (χ3n) is 4.42. The van der Waals surface area contributed by atoms with Gasteiger partial charge in [0.25, 0.3) is 0 Å². The average molecular weight is 386 g/mol. The second-order valence-corrected chi connectivity index (χ2v) is 9.06. The van der Waals surface area contributed by atoms with Crippen molar-refractivity contribution in [1.82, 2.24) is 10.2 Å². The Hall–Kier alpha value is -1.35. The zero-order chi connectivity index (χ0) is 19.2. The molecule has 0 aliphatic carbocycles. The summed E-state index contributed by atoms with van der Waals surface area (Å²) in [6.07, 6.45) is -0.0706. The fourth-order valence-electron chi connectivity index (χ4n) is 2.82. The molecule has 1 unspecified atom stereocenters. The van der Waals surface area contributed by atoms with Gasteiger partial charge >= 0.3 is 0 Å². The van der Waals surface area contributed by atoms with E-state index in [0.717, 1.165) is 26.2 Å². The van der Waals surface area contributed by atoms with Crippen molar-refractivity contribution < 1.29 is 18.3 Å². The number of anilines is 1. The van der Waals surface area contributed by atoms with Crippen LogP contribution in [0, 0.1) is 0 Å². The van der Waals surface area contributed by atoms with Crippen LogP contribution in [-0.4, -0.2) is 68.6 Å². The smallest absolute Gasteiger partial charge is 0.232 e. The van der Waals surface area contributed by atoms with E-state index in [2.05, 4.69) is 14.9 Å². The molecule has 1 aliphatic heterocycles. The van der Waals surface area contributed by atoms with Crippen molar-refractivity contribution in [2.24, 2.45) is 0 Å². The van der Waals surface area contributed by atoms with Gasteiger partial charge in [-0.25, -0.2) is 8.42 Å². The summed E-state index contributed by atoms with van der Waals surface area (Å²) in [7, 11) is -3.30. The van der Waals surface area contributed by atoms with Crippen molar-refractivity contribution in [2.45, 2.75) is 38.9 Å². The van der Waals surface area contributed by atoms with Crippen LogP contribution in [0.2, 0.25) is 0 Å². The molecule has 0 spiro atoms. The number of hydrogen-bond acceptors (Lipinski definition) is 6. The average Bonchev–Trinajstić information content (AvgIpc) is 2.57. The maximum atomic E-state index is 11.8. The van der Waals surface area contributed by atoms with E-state index in [0.29, 0.717) is 24.4 Å². The molecule has 1 saturated heterocycles. The van der Waals surface area contributed by atoms with E-state index >= 15 is 0 Å². The lowest BCUT2D eigenvalue weighted by Gasteiger charge is -2.36. The maximum absolute atomic E-state index is 11.8. The number of sulfonamides is 1. The van der Waals surface area contributed by atoms with Crippen LogP contribution >= 0.6 is 0 Å². The molecule has 2 rings (SSSR count). The molecule has 0 amide bonds. The summed E-state index contributed by atoms with van der Waals surface area (Å²) in [6, 6.07) is 6.76. The van der Waals surface area contributed by atoms with Crippen LogP contribution in [0.25, 0.3) is 0 Å². The van der Waals surface area contributed by atoms with Crippen LogP contribution in [-0.2, 0) is 10.0 Å². The Morgan fingerprint density at radius 2 is 1.88 bits per heavy atom. The largest absolute Gasteiger partial charge is 0.485 e. The number of piperazine rings is 1. The number of β-amino-alcohol motifs (C(OH)–C–C–N with tert-alkyl or cyclic N) is 1. The van der Waals surface area contributed by atoms with Crippen molar-refractivity contribution in [3.8, 4) is 5.75 Å². The minimum Gasteiger partial charge on any atom is -0.485 e. The number of benzene rings is 1. The molecule has 1 aromatic carbocycles. The lowest BCUT2D eigenvalue weighted by atomic mass is 10.0. The van der Waals surface area contributed by atoms with Gasteiger partial charge in [0.1, 0.15) is 17.5 Å². The van der Waals surface area contributed by atoms with Gasteiger partial charge in [-0.3, -0.25) is 9.62 Å². The zero-order valence-corrected chi connectivity index (χ0v) is 16.7. The van der Waals surface area contributed by atoms with E-state index in [1.54, 1.807) is 24.3 Å². The lowest BCUT2D eigenvalue weighted by molar-refractivity contribution is -0.0455. The van der Waals surface area contributed by atoms with Crippen molar-refractivity contribution >= 4 is 15.7 Å². The van der Waals surface area contributed by atoms with E-state index in [1.165, 1.54) is 0 Å². The minimum absolute atomic E-state index is 0.0937. The number of hydrogen-bond donors (Lipinski definition) is 3. The van der Waals surface area contributed by atoms with Gasteiger partial charge in [0.15, 0.2) is 0 Å². The first-order chi connectivity index (χ1) is 12.2. The molecule has 3 N–H and O–H groups in total. The zero-order valence-electron chi connectivity index (χ0n) is 15.9. The summed E-state index contributed by atoms with van der Waals surface area (Å²) >= 11 is 0. The van der Waals surface area contributed by atoms with Crippen LogP contribution in [0.15, 0.2) is 24.3 Å². The normalized spacial score (nSPS) is 17.7. The molecule has 0 radical (unpaired) electrons. The first-order valence-corrected chi connectivity index (χ1v) is 10.8. The van der Waals surface area contributed by atoms with Crippen molar-refractivity contribution in [1.29, 1.82) is 0 Å². The summed E-state index contributed by atoms with van der Waals surface area (Å²) in [6.45, 7) is 9.80.